The van der Waals surface area contributed by atoms with E-state index < -0.39 is 56.2 Å². The third-order valence-electron chi connectivity index (χ3n) is 12.7. The van der Waals surface area contributed by atoms with Gasteiger partial charge in [0.1, 0.15) is 24.4 Å². The molecule has 4 amide bonds. The third kappa shape index (κ3) is 8.92. The average molecular weight is 820 g/mol. The lowest BCUT2D eigenvalue weighted by atomic mass is 9.85. The van der Waals surface area contributed by atoms with Crippen LogP contribution in [0.2, 0.25) is 0 Å². The van der Waals surface area contributed by atoms with E-state index in [-0.39, 0.29) is 30.7 Å². The Balaban J connectivity index is 1.11. The van der Waals surface area contributed by atoms with Crippen LogP contribution in [0, 0.1) is 11.3 Å². The van der Waals surface area contributed by atoms with Crippen LogP contribution in [0.5, 0.6) is 0 Å². The molecule has 5 atom stereocenters. The van der Waals surface area contributed by atoms with Crippen LogP contribution in [0.15, 0.2) is 42.5 Å². The zero-order valence-corrected chi connectivity index (χ0v) is 35.7. The SMILES string of the molecule is CCc1cccc2c1CN(COC1CC(C(=O)NC3(C(=O)NS(=O)(=O)C4CC4)CC3CC)N(C(=O)C(Nc3cccc(C(=O)N4CCN(C)CC4)c3)C(C)(C)C)C1)C2. The van der Waals surface area contributed by atoms with E-state index in [1.165, 1.54) is 16.7 Å². The summed E-state index contributed by atoms with van der Waals surface area (Å²) in [6.45, 7) is 14.8. The highest BCUT2D eigenvalue weighted by Crippen LogP contribution is 2.47. The number of ether oxygens (including phenoxy) is 1. The molecule has 0 spiro atoms. The molecule has 15 heteroatoms. The monoisotopic (exact) mass is 819 g/mol. The summed E-state index contributed by atoms with van der Waals surface area (Å²) in [6.07, 6.45) is 2.57. The second-order valence-electron chi connectivity index (χ2n) is 18.1. The molecule has 5 aliphatic rings. The number of nitrogens with one attached hydrogen (secondary N) is 3. The van der Waals surface area contributed by atoms with Crippen LogP contribution in [-0.4, -0.2) is 127 Å². The zero-order chi connectivity index (χ0) is 41.6. The minimum Gasteiger partial charge on any atom is -0.373 e. The van der Waals surface area contributed by atoms with E-state index in [1.807, 2.05) is 45.7 Å². The normalized spacial score (nSPS) is 25.6. The Kier molecular flexibility index (Phi) is 12.0. The van der Waals surface area contributed by atoms with Gasteiger partial charge in [0.2, 0.25) is 21.8 Å². The number of likely N-dealkylation sites (N-methyl/N-ethyl adjacent to an activating group) is 1. The van der Waals surface area contributed by atoms with Gasteiger partial charge in [0.15, 0.2) is 0 Å². The highest BCUT2D eigenvalue weighted by atomic mass is 32.2. The molecule has 3 N–H and O–H groups in total. The van der Waals surface area contributed by atoms with Crippen molar-refractivity contribution in [2.75, 3.05) is 51.8 Å². The maximum atomic E-state index is 14.9. The highest BCUT2D eigenvalue weighted by molar-refractivity contribution is 7.91. The van der Waals surface area contributed by atoms with Crippen molar-refractivity contribution in [3.8, 4) is 0 Å². The van der Waals surface area contributed by atoms with Crippen LogP contribution in [0.3, 0.4) is 0 Å². The number of nitrogens with zero attached hydrogens (tertiary/aromatic N) is 4. The lowest BCUT2D eigenvalue weighted by Crippen LogP contribution is -2.58. The van der Waals surface area contributed by atoms with Crippen LogP contribution in [0.25, 0.3) is 0 Å². The number of rotatable bonds is 14. The van der Waals surface area contributed by atoms with Gasteiger partial charge < -0.3 is 30.1 Å². The molecule has 0 aromatic heterocycles. The number of likely N-dealkylation sites (tertiary alicyclic amines) is 1. The highest BCUT2D eigenvalue weighted by Gasteiger charge is 2.62. The van der Waals surface area contributed by atoms with Gasteiger partial charge in [0.25, 0.3) is 11.8 Å². The van der Waals surface area contributed by atoms with Gasteiger partial charge in [0.05, 0.1) is 11.4 Å². The number of hydrogen-bond donors (Lipinski definition) is 3. The lowest BCUT2D eigenvalue weighted by Gasteiger charge is -2.36. The van der Waals surface area contributed by atoms with Gasteiger partial charge >= 0.3 is 0 Å². The van der Waals surface area contributed by atoms with Crippen LogP contribution in [0.4, 0.5) is 5.69 Å². The van der Waals surface area contributed by atoms with Gasteiger partial charge in [-0.15, -0.1) is 0 Å². The molecule has 2 aromatic carbocycles. The number of aryl methyl sites for hydroxylation is 1. The minimum absolute atomic E-state index is 0.0629. The Morgan fingerprint density at radius 3 is 2.36 bits per heavy atom. The van der Waals surface area contributed by atoms with Gasteiger partial charge in [-0.1, -0.05) is 65.3 Å². The first-order valence-electron chi connectivity index (χ1n) is 21.0. The van der Waals surface area contributed by atoms with Gasteiger partial charge in [-0.25, -0.2) is 8.42 Å². The lowest BCUT2D eigenvalue weighted by molar-refractivity contribution is -0.141. The topological polar surface area (TPSA) is 161 Å². The fourth-order valence-corrected chi connectivity index (χ4v) is 10.2. The molecular weight excluding hydrogens is 759 g/mol. The Labute approximate surface area is 343 Å². The largest absolute Gasteiger partial charge is 0.373 e. The van der Waals surface area contributed by atoms with Crippen LogP contribution in [-0.2, 0) is 48.7 Å². The number of amides is 4. The summed E-state index contributed by atoms with van der Waals surface area (Å²) in [6, 6.07) is 11.8. The van der Waals surface area contributed by atoms with E-state index in [4.69, 9.17) is 4.74 Å². The summed E-state index contributed by atoms with van der Waals surface area (Å²) in [7, 11) is -1.80. The first-order chi connectivity index (χ1) is 27.5. The molecule has 0 bridgehead atoms. The van der Waals surface area contributed by atoms with E-state index >= 15 is 0 Å². The number of fused-ring (bicyclic) bond motifs is 1. The molecule has 7 rings (SSSR count). The molecule has 0 radical (unpaired) electrons. The number of carbonyl (C=O) groups excluding carboxylic acids is 4. The van der Waals surface area contributed by atoms with Gasteiger partial charge in [-0.3, -0.25) is 28.8 Å². The molecule has 14 nitrogen and oxygen atoms in total. The number of carbonyl (C=O) groups is 4. The fraction of sp³-hybridized carbons (Fsp3) is 0.628. The Morgan fingerprint density at radius 1 is 0.983 bits per heavy atom. The molecule has 2 saturated carbocycles. The summed E-state index contributed by atoms with van der Waals surface area (Å²) in [5.74, 6) is -1.84. The van der Waals surface area contributed by atoms with Crippen molar-refractivity contribution in [1.29, 1.82) is 0 Å². The maximum Gasteiger partial charge on any atom is 0.259 e. The summed E-state index contributed by atoms with van der Waals surface area (Å²) >= 11 is 0. The van der Waals surface area contributed by atoms with Crippen molar-refractivity contribution < 1.29 is 32.3 Å². The molecule has 4 fully saturated rings. The quantitative estimate of drug-likeness (QED) is 0.258. The van der Waals surface area contributed by atoms with E-state index in [2.05, 4.69) is 50.3 Å². The molecular formula is C43H61N7O7S. The Hall–Kier alpha value is -4.05. The summed E-state index contributed by atoms with van der Waals surface area (Å²) in [5.41, 5.74) is 3.05. The second kappa shape index (κ2) is 16.5. The number of benzene rings is 2. The van der Waals surface area contributed by atoms with Gasteiger partial charge in [-0.2, -0.15) is 0 Å². The smallest absolute Gasteiger partial charge is 0.259 e. The summed E-state index contributed by atoms with van der Waals surface area (Å²) < 4.78 is 34.4. The molecule has 2 saturated heterocycles. The molecule has 3 heterocycles. The molecule has 2 aliphatic carbocycles. The second-order valence-corrected chi connectivity index (χ2v) is 20.1. The van der Waals surface area contributed by atoms with E-state index in [1.54, 1.807) is 23.1 Å². The average Bonchev–Trinajstić information content (AvgIpc) is 4.09. The van der Waals surface area contributed by atoms with Crippen molar-refractivity contribution >= 4 is 39.3 Å². The third-order valence-corrected chi connectivity index (χ3v) is 14.6. The standard InChI is InChI=1S/C43H61N7O7S/c1-7-28-11-9-13-30-24-48(26-35(28)30)27-57-33-22-36(38(51)45-43(23-31(43)8-2)41(54)46-58(55,56)34-15-16-34)50(25-33)40(53)37(42(3,4)5)44-32-14-10-12-29(21-32)39(52)49-19-17-47(6)18-20-49/h9-14,21,31,33-34,36-37,44H,7-8,15-20,22-27H2,1-6H3,(H,45,51)(H,46,54). The van der Waals surface area contributed by atoms with Crippen LogP contribution < -0.4 is 15.4 Å². The van der Waals surface area contributed by atoms with E-state index in [0.717, 1.165) is 32.6 Å². The van der Waals surface area contributed by atoms with Gasteiger partial charge in [0, 0.05) is 63.5 Å². The number of sulfonamides is 1. The first-order valence-corrected chi connectivity index (χ1v) is 22.5. The van der Waals surface area contributed by atoms with Crippen molar-refractivity contribution in [3.05, 3.63) is 64.7 Å². The van der Waals surface area contributed by atoms with Crippen molar-refractivity contribution in [3.63, 3.8) is 0 Å². The molecule has 316 valence electrons. The Morgan fingerprint density at radius 2 is 1.71 bits per heavy atom. The molecule has 3 aliphatic heterocycles. The molecule has 5 unspecified atom stereocenters. The van der Waals surface area contributed by atoms with Crippen LogP contribution >= 0.6 is 0 Å². The Bertz CT molecular complexity index is 2010. The van der Waals surface area contributed by atoms with Crippen molar-refractivity contribution in [1.82, 2.24) is 29.6 Å². The summed E-state index contributed by atoms with van der Waals surface area (Å²) in [5, 5.41) is 5.80. The van der Waals surface area contributed by atoms with E-state index in [9.17, 15) is 27.6 Å². The molecule has 2 aromatic rings. The first kappa shape index (κ1) is 42.1. The zero-order valence-electron chi connectivity index (χ0n) is 34.9. The number of piperazine rings is 1. The van der Waals surface area contributed by atoms with Crippen LogP contribution in [0.1, 0.15) is 93.8 Å². The maximum absolute atomic E-state index is 14.9. The van der Waals surface area contributed by atoms with Crippen molar-refractivity contribution in [2.24, 2.45) is 11.3 Å². The number of anilines is 1. The summed E-state index contributed by atoms with van der Waals surface area (Å²) in [4.78, 5) is 64.3. The fourth-order valence-electron chi connectivity index (χ4n) is 8.81. The number of hydrogen-bond acceptors (Lipinski definition) is 10. The predicted molar refractivity (Wildman–Crippen MR) is 221 cm³/mol. The predicted octanol–water partition coefficient (Wildman–Crippen LogP) is 3.32. The van der Waals surface area contributed by atoms with Crippen molar-refractivity contribution in [2.45, 2.75) is 115 Å². The van der Waals surface area contributed by atoms with Gasteiger partial charge in [-0.05, 0) is 79.0 Å². The minimum atomic E-state index is -3.84. The van der Waals surface area contributed by atoms with E-state index in [0.29, 0.717) is 56.8 Å². The molecule has 58 heavy (non-hydrogen) atoms.